The molecule has 3 aromatic rings. The number of carbonyl (C=O) groups is 1. The number of aromatic nitrogens is 1. The number of thiazole rings is 1. The molecule has 0 saturated heterocycles. The number of carbonyl (C=O) groups excluding carboxylic acids is 1. The summed E-state index contributed by atoms with van der Waals surface area (Å²) in [7, 11) is 1.67. The van der Waals surface area contributed by atoms with E-state index in [1.54, 1.807) is 18.9 Å². The van der Waals surface area contributed by atoms with Crippen LogP contribution in [0.2, 0.25) is 0 Å². The largest absolute Gasteiger partial charge is 0.383 e. The van der Waals surface area contributed by atoms with E-state index in [1.807, 2.05) is 47.0 Å². The Morgan fingerprint density at radius 3 is 2.67 bits per heavy atom. The summed E-state index contributed by atoms with van der Waals surface area (Å²) in [6.45, 7) is 5.51. The second-order valence-corrected chi connectivity index (χ2v) is 9.82. The molecular formula is C20H21BrN2O2S2. The van der Waals surface area contributed by atoms with Crippen LogP contribution < -0.4 is 4.80 Å². The molecule has 0 aliphatic heterocycles. The summed E-state index contributed by atoms with van der Waals surface area (Å²) in [4.78, 5) is 18.9. The maximum Gasteiger partial charge on any atom is 0.279 e. The fourth-order valence-corrected chi connectivity index (χ4v) is 5.07. The summed E-state index contributed by atoms with van der Waals surface area (Å²) in [6, 6.07) is 13.7. The monoisotopic (exact) mass is 464 g/mol. The van der Waals surface area contributed by atoms with Crippen molar-refractivity contribution in [3.63, 3.8) is 0 Å². The Labute approximate surface area is 175 Å². The summed E-state index contributed by atoms with van der Waals surface area (Å²) >= 11 is 6.79. The molecule has 0 radical (unpaired) electrons. The fraction of sp³-hybridized carbons (Fsp3) is 0.300. The quantitative estimate of drug-likeness (QED) is 0.461. The molecule has 0 spiro atoms. The van der Waals surface area contributed by atoms with E-state index in [9.17, 15) is 4.79 Å². The molecule has 0 unspecified atom stereocenters. The third kappa shape index (κ3) is 5.10. The van der Waals surface area contributed by atoms with Gasteiger partial charge in [0.05, 0.1) is 16.8 Å². The Morgan fingerprint density at radius 2 is 2.00 bits per heavy atom. The standard InChI is InChI=1S/C20H21BrN2O2S2/c1-13(2)26-16-7-4-14(5-8-16)19(24)22-20-23(10-11-25-3)17-9-6-15(21)12-18(17)27-20/h4-9,12-13H,10-11H2,1-3H3. The Bertz CT molecular complexity index is 1010. The van der Waals surface area contributed by atoms with Gasteiger partial charge in [0.2, 0.25) is 0 Å². The van der Waals surface area contributed by atoms with Crippen LogP contribution >= 0.6 is 39.0 Å². The van der Waals surface area contributed by atoms with Crippen molar-refractivity contribution in [2.75, 3.05) is 13.7 Å². The second kappa shape index (κ2) is 9.19. The molecule has 27 heavy (non-hydrogen) atoms. The van der Waals surface area contributed by atoms with E-state index in [1.165, 1.54) is 11.3 Å². The number of fused-ring (bicyclic) bond motifs is 1. The average molecular weight is 465 g/mol. The van der Waals surface area contributed by atoms with Crippen molar-refractivity contribution >= 4 is 55.2 Å². The van der Waals surface area contributed by atoms with Crippen LogP contribution in [0.5, 0.6) is 0 Å². The van der Waals surface area contributed by atoms with Gasteiger partial charge < -0.3 is 9.30 Å². The summed E-state index contributed by atoms with van der Waals surface area (Å²) in [5.74, 6) is -0.229. The van der Waals surface area contributed by atoms with E-state index in [0.717, 1.165) is 19.6 Å². The average Bonchev–Trinajstić information content (AvgIpc) is 2.96. The Balaban J connectivity index is 1.97. The minimum absolute atomic E-state index is 0.229. The molecule has 0 N–H and O–H groups in total. The number of hydrogen-bond donors (Lipinski definition) is 0. The minimum atomic E-state index is -0.229. The second-order valence-electron chi connectivity index (χ2n) is 6.25. The molecule has 7 heteroatoms. The van der Waals surface area contributed by atoms with Gasteiger partial charge in [-0.15, -0.1) is 11.8 Å². The highest BCUT2D eigenvalue weighted by atomic mass is 79.9. The predicted octanol–water partition coefficient (Wildman–Crippen LogP) is 5.35. The van der Waals surface area contributed by atoms with Gasteiger partial charge in [0.15, 0.2) is 4.80 Å². The lowest BCUT2D eigenvalue weighted by Crippen LogP contribution is -2.19. The van der Waals surface area contributed by atoms with Crippen LogP contribution in [0.3, 0.4) is 0 Å². The van der Waals surface area contributed by atoms with Crippen LogP contribution in [0, 0.1) is 0 Å². The van der Waals surface area contributed by atoms with Gasteiger partial charge in [-0.1, -0.05) is 41.1 Å². The maximum absolute atomic E-state index is 12.7. The van der Waals surface area contributed by atoms with Crippen LogP contribution in [-0.2, 0) is 11.3 Å². The lowest BCUT2D eigenvalue weighted by atomic mass is 10.2. The van der Waals surface area contributed by atoms with Gasteiger partial charge in [0.25, 0.3) is 5.91 Å². The molecule has 1 amide bonds. The molecule has 0 bridgehead atoms. The van der Waals surface area contributed by atoms with Crippen molar-refractivity contribution in [1.82, 2.24) is 4.57 Å². The van der Waals surface area contributed by atoms with Crippen LogP contribution in [0.15, 0.2) is 56.8 Å². The number of rotatable bonds is 6. The fourth-order valence-electron chi connectivity index (χ4n) is 2.63. The molecule has 0 atom stereocenters. The maximum atomic E-state index is 12.7. The third-order valence-electron chi connectivity index (χ3n) is 3.83. The van der Waals surface area contributed by atoms with E-state index in [4.69, 9.17) is 4.74 Å². The van der Waals surface area contributed by atoms with Gasteiger partial charge in [-0.25, -0.2) is 0 Å². The summed E-state index contributed by atoms with van der Waals surface area (Å²) in [6.07, 6.45) is 0. The van der Waals surface area contributed by atoms with Crippen LogP contribution in [0.1, 0.15) is 24.2 Å². The van der Waals surface area contributed by atoms with Crippen molar-refractivity contribution in [2.45, 2.75) is 30.5 Å². The summed E-state index contributed by atoms with van der Waals surface area (Å²) in [5.41, 5.74) is 1.65. The highest BCUT2D eigenvalue weighted by Gasteiger charge is 2.10. The topological polar surface area (TPSA) is 43.6 Å². The van der Waals surface area contributed by atoms with E-state index >= 15 is 0 Å². The first-order valence-electron chi connectivity index (χ1n) is 8.61. The highest BCUT2D eigenvalue weighted by molar-refractivity contribution is 9.10. The van der Waals surface area contributed by atoms with Gasteiger partial charge in [-0.3, -0.25) is 4.79 Å². The molecular weight excluding hydrogens is 444 g/mol. The van der Waals surface area contributed by atoms with Gasteiger partial charge in [-0.05, 0) is 42.5 Å². The van der Waals surface area contributed by atoms with Crippen LogP contribution in [-0.4, -0.2) is 29.4 Å². The first kappa shape index (κ1) is 20.3. The van der Waals surface area contributed by atoms with Gasteiger partial charge in [-0.2, -0.15) is 4.99 Å². The normalized spacial score (nSPS) is 12.3. The first-order valence-corrected chi connectivity index (χ1v) is 11.1. The number of thioether (sulfide) groups is 1. The molecule has 4 nitrogen and oxygen atoms in total. The number of methoxy groups -OCH3 is 1. The summed E-state index contributed by atoms with van der Waals surface area (Å²) < 4.78 is 9.35. The van der Waals surface area contributed by atoms with Gasteiger partial charge in [0, 0.05) is 33.8 Å². The molecule has 0 fully saturated rings. The van der Waals surface area contributed by atoms with Gasteiger partial charge in [0.1, 0.15) is 0 Å². The molecule has 1 heterocycles. The predicted molar refractivity (Wildman–Crippen MR) is 117 cm³/mol. The van der Waals surface area contributed by atoms with E-state index in [2.05, 4.69) is 34.8 Å². The zero-order valence-electron chi connectivity index (χ0n) is 15.4. The van der Waals surface area contributed by atoms with Crippen molar-refractivity contribution in [3.05, 3.63) is 57.3 Å². The van der Waals surface area contributed by atoms with E-state index in [0.29, 0.717) is 28.8 Å². The van der Waals surface area contributed by atoms with Crippen molar-refractivity contribution in [3.8, 4) is 0 Å². The van der Waals surface area contributed by atoms with Crippen LogP contribution in [0.25, 0.3) is 10.2 Å². The number of benzene rings is 2. The van der Waals surface area contributed by atoms with Crippen LogP contribution in [0.4, 0.5) is 0 Å². The molecule has 3 rings (SSSR count). The minimum Gasteiger partial charge on any atom is -0.383 e. The molecule has 0 saturated carbocycles. The Morgan fingerprint density at radius 1 is 1.26 bits per heavy atom. The Kier molecular flexibility index (Phi) is 6.92. The van der Waals surface area contributed by atoms with Crippen molar-refractivity contribution in [2.24, 2.45) is 4.99 Å². The SMILES string of the molecule is COCCn1c(=NC(=O)c2ccc(SC(C)C)cc2)sc2cc(Br)ccc21. The smallest absolute Gasteiger partial charge is 0.279 e. The molecule has 0 aliphatic rings. The van der Waals surface area contributed by atoms with Gasteiger partial charge >= 0.3 is 0 Å². The van der Waals surface area contributed by atoms with E-state index in [-0.39, 0.29) is 5.91 Å². The first-order chi connectivity index (χ1) is 13.0. The summed E-state index contributed by atoms with van der Waals surface area (Å²) in [5, 5.41) is 0.508. The lowest BCUT2D eigenvalue weighted by Gasteiger charge is -2.05. The van der Waals surface area contributed by atoms with Crippen molar-refractivity contribution < 1.29 is 9.53 Å². The zero-order valence-corrected chi connectivity index (χ0v) is 18.7. The number of halogens is 1. The molecule has 0 aliphatic carbocycles. The number of hydrogen-bond acceptors (Lipinski definition) is 4. The Hall–Kier alpha value is -1.41. The lowest BCUT2D eigenvalue weighted by molar-refractivity contribution is 0.0997. The molecule has 2 aromatic carbocycles. The number of ether oxygens (including phenoxy) is 1. The number of amides is 1. The number of nitrogens with zero attached hydrogens (tertiary/aromatic N) is 2. The van der Waals surface area contributed by atoms with E-state index < -0.39 is 0 Å². The molecule has 1 aromatic heterocycles. The zero-order chi connectivity index (χ0) is 19.4. The highest BCUT2D eigenvalue weighted by Crippen LogP contribution is 2.24. The van der Waals surface area contributed by atoms with Crippen molar-refractivity contribution in [1.29, 1.82) is 0 Å². The molecule has 142 valence electrons. The third-order valence-corrected chi connectivity index (χ3v) is 6.38.